The number of rotatable bonds is 5. The molecule has 0 heterocycles. The van der Waals surface area contributed by atoms with Crippen molar-refractivity contribution in [2.75, 3.05) is 14.2 Å². The molecule has 1 aromatic carbocycles. The van der Waals surface area contributed by atoms with E-state index < -0.39 is 0 Å². The Balaban J connectivity index is 1.68. The van der Waals surface area contributed by atoms with Crippen LogP contribution in [0.15, 0.2) is 18.2 Å². The number of hydrogen-bond donors (Lipinski definition) is 1. The third-order valence-corrected chi connectivity index (χ3v) is 5.41. The van der Waals surface area contributed by atoms with Crippen molar-refractivity contribution in [2.24, 2.45) is 17.8 Å². The van der Waals surface area contributed by atoms with Gasteiger partial charge in [-0.25, -0.2) is 0 Å². The third-order valence-electron chi connectivity index (χ3n) is 5.41. The molecule has 1 amide bonds. The number of amides is 1. The molecule has 4 atom stereocenters. The summed E-state index contributed by atoms with van der Waals surface area (Å²) in [6.07, 6.45) is 5.35. The number of fused-ring (bicyclic) bond motifs is 2. The third kappa shape index (κ3) is 2.92. The Hall–Kier alpha value is -1.71. The molecule has 3 rings (SSSR count). The second-order valence-corrected chi connectivity index (χ2v) is 6.70. The van der Waals surface area contributed by atoms with E-state index in [1.165, 1.54) is 25.7 Å². The van der Waals surface area contributed by atoms with Crippen molar-refractivity contribution in [1.29, 1.82) is 0 Å². The Morgan fingerprint density at radius 3 is 2.32 bits per heavy atom. The quantitative estimate of drug-likeness (QED) is 0.908. The minimum atomic E-state index is -0.0486. The van der Waals surface area contributed by atoms with Gasteiger partial charge in [0.1, 0.15) is 11.5 Å². The highest BCUT2D eigenvalue weighted by atomic mass is 16.5. The van der Waals surface area contributed by atoms with Gasteiger partial charge >= 0.3 is 0 Å². The topological polar surface area (TPSA) is 47.6 Å². The van der Waals surface area contributed by atoms with E-state index in [9.17, 15) is 4.79 Å². The van der Waals surface area contributed by atoms with Crippen LogP contribution in [0.2, 0.25) is 0 Å². The average molecular weight is 303 g/mol. The van der Waals surface area contributed by atoms with Gasteiger partial charge in [0.2, 0.25) is 0 Å². The molecule has 2 aliphatic rings. The summed E-state index contributed by atoms with van der Waals surface area (Å²) in [5.41, 5.74) is 0.589. The fourth-order valence-corrected chi connectivity index (χ4v) is 4.24. The van der Waals surface area contributed by atoms with Gasteiger partial charge in [-0.15, -0.1) is 0 Å². The van der Waals surface area contributed by atoms with Crippen molar-refractivity contribution in [3.05, 3.63) is 23.8 Å². The predicted molar refractivity (Wildman–Crippen MR) is 85.4 cm³/mol. The lowest BCUT2D eigenvalue weighted by Gasteiger charge is -2.28. The predicted octanol–water partition coefficient (Wildman–Crippen LogP) is 3.26. The maximum Gasteiger partial charge on any atom is 0.251 e. The summed E-state index contributed by atoms with van der Waals surface area (Å²) >= 11 is 0. The Morgan fingerprint density at radius 1 is 1.14 bits per heavy atom. The van der Waals surface area contributed by atoms with Gasteiger partial charge in [-0.3, -0.25) is 4.79 Å². The first-order valence-electron chi connectivity index (χ1n) is 8.14. The molecule has 2 aliphatic carbocycles. The molecule has 2 bridgehead atoms. The van der Waals surface area contributed by atoms with Crippen molar-refractivity contribution in [3.8, 4) is 11.5 Å². The van der Waals surface area contributed by atoms with Crippen LogP contribution in [0.25, 0.3) is 0 Å². The zero-order valence-electron chi connectivity index (χ0n) is 13.6. The highest BCUT2D eigenvalue weighted by Gasteiger charge is 2.42. The summed E-state index contributed by atoms with van der Waals surface area (Å²) < 4.78 is 10.5. The molecular weight excluding hydrogens is 278 g/mol. The summed E-state index contributed by atoms with van der Waals surface area (Å²) in [4.78, 5) is 12.5. The molecule has 0 spiro atoms. The molecule has 0 saturated heterocycles. The number of carbonyl (C=O) groups is 1. The summed E-state index contributed by atoms with van der Waals surface area (Å²) in [5, 5.41) is 3.18. The number of nitrogens with one attached hydrogen (secondary N) is 1. The number of ether oxygens (including phenoxy) is 2. The first kappa shape index (κ1) is 15.2. The SMILES string of the molecule is COc1cc(OC)cc(C(=O)NC(C)C2CC3CCC2C3)c1. The fourth-order valence-electron chi connectivity index (χ4n) is 4.24. The highest BCUT2D eigenvalue weighted by molar-refractivity contribution is 5.95. The molecule has 4 nitrogen and oxygen atoms in total. The Bertz CT molecular complexity index is 535. The first-order valence-corrected chi connectivity index (χ1v) is 8.14. The second kappa shape index (κ2) is 6.19. The molecule has 2 fully saturated rings. The van der Waals surface area contributed by atoms with Crippen LogP contribution >= 0.6 is 0 Å². The van der Waals surface area contributed by atoms with E-state index in [1.54, 1.807) is 32.4 Å². The molecule has 1 N–H and O–H groups in total. The smallest absolute Gasteiger partial charge is 0.251 e. The molecule has 4 heteroatoms. The van der Waals surface area contributed by atoms with E-state index in [0.717, 1.165) is 11.8 Å². The molecule has 1 aromatic rings. The zero-order chi connectivity index (χ0) is 15.7. The summed E-state index contributed by atoms with van der Waals surface area (Å²) in [6, 6.07) is 5.51. The summed E-state index contributed by atoms with van der Waals surface area (Å²) in [7, 11) is 3.18. The van der Waals surface area contributed by atoms with Crippen molar-refractivity contribution in [2.45, 2.75) is 38.6 Å². The van der Waals surface area contributed by atoms with Gasteiger partial charge in [0.05, 0.1) is 14.2 Å². The number of carbonyl (C=O) groups excluding carboxylic acids is 1. The van der Waals surface area contributed by atoms with E-state index in [0.29, 0.717) is 23.0 Å². The molecule has 0 aromatic heterocycles. The van der Waals surface area contributed by atoms with E-state index >= 15 is 0 Å². The van der Waals surface area contributed by atoms with Crippen molar-refractivity contribution in [1.82, 2.24) is 5.32 Å². The Labute approximate surface area is 132 Å². The van der Waals surface area contributed by atoms with E-state index in [1.807, 2.05) is 0 Å². The van der Waals surface area contributed by atoms with Crippen LogP contribution in [0.5, 0.6) is 11.5 Å². The van der Waals surface area contributed by atoms with E-state index in [4.69, 9.17) is 9.47 Å². The summed E-state index contributed by atoms with van der Waals surface area (Å²) in [6.45, 7) is 2.14. The van der Waals surface area contributed by atoms with Crippen LogP contribution in [0.3, 0.4) is 0 Å². The van der Waals surface area contributed by atoms with Crippen LogP contribution in [0.4, 0.5) is 0 Å². The minimum Gasteiger partial charge on any atom is -0.497 e. The van der Waals surface area contributed by atoms with Crippen molar-refractivity contribution < 1.29 is 14.3 Å². The van der Waals surface area contributed by atoms with Gasteiger partial charge in [-0.1, -0.05) is 6.42 Å². The van der Waals surface area contributed by atoms with Gasteiger partial charge in [0.25, 0.3) is 5.91 Å². The molecule has 2 saturated carbocycles. The van der Waals surface area contributed by atoms with Gasteiger partial charge in [-0.2, -0.15) is 0 Å². The van der Waals surface area contributed by atoms with Crippen molar-refractivity contribution in [3.63, 3.8) is 0 Å². The van der Waals surface area contributed by atoms with Gasteiger partial charge in [0, 0.05) is 17.7 Å². The monoisotopic (exact) mass is 303 g/mol. The number of hydrogen-bond acceptors (Lipinski definition) is 3. The van der Waals surface area contributed by atoms with Gasteiger partial charge in [-0.05, 0) is 56.1 Å². The molecular formula is C18H25NO3. The molecule has 0 radical (unpaired) electrons. The molecule has 22 heavy (non-hydrogen) atoms. The minimum absolute atomic E-state index is 0.0486. The zero-order valence-corrected chi connectivity index (χ0v) is 13.6. The largest absolute Gasteiger partial charge is 0.497 e. The molecule has 0 aliphatic heterocycles. The van der Waals surface area contributed by atoms with Gasteiger partial charge < -0.3 is 14.8 Å². The standard InChI is InChI=1S/C18H25NO3/c1-11(17-7-12-4-5-13(17)6-12)19-18(20)14-8-15(21-2)10-16(9-14)22-3/h8-13,17H,4-7H2,1-3H3,(H,19,20). The van der Waals surface area contributed by atoms with Crippen LogP contribution in [0, 0.1) is 17.8 Å². The van der Waals surface area contributed by atoms with Crippen molar-refractivity contribution >= 4 is 5.91 Å². The maximum atomic E-state index is 12.5. The van der Waals surface area contributed by atoms with E-state index in [2.05, 4.69) is 12.2 Å². The Kier molecular flexibility index (Phi) is 4.27. The van der Waals surface area contributed by atoms with Crippen LogP contribution in [-0.4, -0.2) is 26.2 Å². The van der Waals surface area contributed by atoms with E-state index in [-0.39, 0.29) is 11.9 Å². The lowest BCUT2D eigenvalue weighted by Crippen LogP contribution is -2.40. The second-order valence-electron chi connectivity index (χ2n) is 6.70. The maximum absolute atomic E-state index is 12.5. The molecule has 4 unspecified atom stereocenters. The first-order chi connectivity index (χ1) is 10.6. The fraction of sp³-hybridized carbons (Fsp3) is 0.611. The lowest BCUT2D eigenvalue weighted by atomic mass is 9.84. The average Bonchev–Trinajstić information content (AvgIpc) is 3.17. The van der Waals surface area contributed by atoms with Crippen LogP contribution in [-0.2, 0) is 0 Å². The van der Waals surface area contributed by atoms with Gasteiger partial charge in [0.15, 0.2) is 0 Å². The van der Waals surface area contributed by atoms with Crippen LogP contribution in [0.1, 0.15) is 43.0 Å². The Morgan fingerprint density at radius 2 is 1.82 bits per heavy atom. The summed E-state index contributed by atoms with van der Waals surface area (Å²) in [5.74, 6) is 3.56. The lowest BCUT2D eigenvalue weighted by molar-refractivity contribution is 0.0914. The highest BCUT2D eigenvalue weighted by Crippen LogP contribution is 2.49. The molecule has 120 valence electrons. The normalized spacial score (nSPS) is 27.5. The number of methoxy groups -OCH3 is 2. The van der Waals surface area contributed by atoms with Crippen LogP contribution < -0.4 is 14.8 Å². The number of benzene rings is 1.